The van der Waals surface area contributed by atoms with E-state index in [-0.39, 0.29) is 40.7 Å². The number of aryl methyl sites for hydroxylation is 2. The smallest absolute Gasteiger partial charge is 0.428 e. The molecule has 0 saturated carbocycles. The molecule has 2 heterocycles. The standard InChI is InChI=1S/C22H26ClN3O5S.Na/c23-19-7-8-20(31-19)26(16-9-11-30-12-10-16)32(28,29)25-22(27)24-21-17-5-1-3-14(17)13-15-4-2-6-18(15)21;/h7-8,13,16H,1-6,9-12H2,(H2,24,25,27);/q;+1/p-1. The van der Waals surface area contributed by atoms with Gasteiger partial charge in [0.25, 0.3) is 10.2 Å². The summed E-state index contributed by atoms with van der Waals surface area (Å²) < 4.78 is 41.9. The maximum absolute atomic E-state index is 13.3. The summed E-state index contributed by atoms with van der Waals surface area (Å²) in [5.74, 6) is 0.0416. The summed E-state index contributed by atoms with van der Waals surface area (Å²) in [6.07, 6.45) is 6.73. The van der Waals surface area contributed by atoms with Gasteiger partial charge in [-0.1, -0.05) is 6.07 Å². The van der Waals surface area contributed by atoms with Crippen LogP contribution in [0.2, 0.25) is 5.22 Å². The number of hydrogen-bond donors (Lipinski definition) is 1. The Bertz CT molecular complexity index is 1110. The Kier molecular flexibility index (Phi) is 7.67. The number of furan rings is 1. The summed E-state index contributed by atoms with van der Waals surface area (Å²) in [5.41, 5.74) is 5.49. The van der Waals surface area contributed by atoms with E-state index in [1.165, 1.54) is 23.3 Å². The number of halogens is 1. The van der Waals surface area contributed by atoms with E-state index in [0.29, 0.717) is 26.1 Å². The second-order valence-electron chi connectivity index (χ2n) is 8.45. The Balaban J connectivity index is 0.00000259. The van der Waals surface area contributed by atoms with E-state index in [4.69, 9.17) is 20.8 Å². The van der Waals surface area contributed by atoms with Crippen LogP contribution in [0.1, 0.15) is 47.9 Å². The summed E-state index contributed by atoms with van der Waals surface area (Å²) in [4.78, 5) is 12.9. The van der Waals surface area contributed by atoms with Crippen molar-refractivity contribution in [2.75, 3.05) is 22.8 Å². The van der Waals surface area contributed by atoms with Crippen molar-refractivity contribution in [1.29, 1.82) is 0 Å². The zero-order valence-electron chi connectivity index (χ0n) is 18.6. The van der Waals surface area contributed by atoms with Crippen LogP contribution in [0, 0.1) is 0 Å². The minimum Gasteiger partial charge on any atom is -0.428 e. The molecule has 3 aliphatic rings. The fraction of sp³-hybridized carbons (Fsp3) is 0.500. The van der Waals surface area contributed by atoms with Crippen LogP contribution in [0.4, 0.5) is 16.4 Å². The number of rotatable bonds is 5. The van der Waals surface area contributed by atoms with Crippen LogP contribution in [0.5, 0.6) is 0 Å². The number of ether oxygens (including phenoxy) is 1. The maximum Gasteiger partial charge on any atom is 1.00 e. The predicted octanol–water partition coefficient (Wildman–Crippen LogP) is 1.75. The first-order valence-corrected chi connectivity index (χ1v) is 12.8. The summed E-state index contributed by atoms with van der Waals surface area (Å²) in [5, 5.41) is 2.88. The third-order valence-corrected chi connectivity index (χ3v) is 8.03. The van der Waals surface area contributed by atoms with E-state index in [0.717, 1.165) is 59.6 Å². The molecule has 1 fully saturated rings. The molecule has 1 aromatic heterocycles. The van der Waals surface area contributed by atoms with Crippen molar-refractivity contribution >= 4 is 39.4 Å². The summed E-state index contributed by atoms with van der Waals surface area (Å²) in [6, 6.07) is 3.86. The van der Waals surface area contributed by atoms with Gasteiger partial charge < -0.3 is 19.2 Å². The summed E-state index contributed by atoms with van der Waals surface area (Å²) in [6.45, 7) is 0.833. The molecule has 0 radical (unpaired) electrons. The van der Waals surface area contributed by atoms with Crippen LogP contribution in [-0.2, 0) is 40.6 Å². The van der Waals surface area contributed by atoms with Gasteiger partial charge in [0.05, 0.1) is 6.04 Å². The first-order chi connectivity index (χ1) is 15.4. The fourth-order valence-electron chi connectivity index (χ4n) is 5.07. The third-order valence-electron chi connectivity index (χ3n) is 6.45. The van der Waals surface area contributed by atoms with Gasteiger partial charge in [-0.05, 0) is 97.0 Å². The molecular weight excluding hydrogens is 477 g/mol. The Hall–Kier alpha value is -1.23. The van der Waals surface area contributed by atoms with Crippen molar-refractivity contribution in [2.45, 2.75) is 57.4 Å². The number of urea groups is 1. The van der Waals surface area contributed by atoms with E-state index in [2.05, 4.69) is 16.1 Å². The molecule has 5 rings (SSSR count). The maximum atomic E-state index is 13.3. The molecule has 1 aliphatic heterocycles. The zero-order chi connectivity index (χ0) is 22.3. The molecule has 1 saturated heterocycles. The number of nitrogens with zero attached hydrogens (tertiary/aromatic N) is 2. The van der Waals surface area contributed by atoms with E-state index < -0.39 is 22.3 Å². The molecule has 0 bridgehead atoms. The zero-order valence-corrected chi connectivity index (χ0v) is 22.2. The van der Waals surface area contributed by atoms with Crippen molar-refractivity contribution in [3.05, 3.63) is 50.4 Å². The monoisotopic (exact) mass is 501 g/mol. The SMILES string of the molecule is O=C([N-]S(=O)(=O)N(c1ccc(Cl)o1)C1CCOCC1)Nc1c2c(cc3c1CCC3)CCC2.[Na+]. The van der Waals surface area contributed by atoms with E-state index >= 15 is 0 Å². The second kappa shape index (κ2) is 10.2. The molecular formula is C22H25ClN3NaO5S. The number of fused-ring (bicyclic) bond motifs is 2. The quantitative estimate of drug-likeness (QED) is 0.629. The van der Waals surface area contributed by atoms with E-state index in [1.54, 1.807) is 0 Å². The topological polar surface area (TPSA) is 103 Å². The number of anilines is 2. The molecule has 1 N–H and O–H groups in total. The van der Waals surface area contributed by atoms with Gasteiger partial charge in [0, 0.05) is 19.3 Å². The number of carbonyl (C=O) groups excluding carboxylic acids is 1. The molecule has 2 amide bonds. The van der Waals surface area contributed by atoms with E-state index in [1.807, 2.05) is 0 Å². The number of amides is 2. The average Bonchev–Trinajstić information content (AvgIpc) is 3.49. The first-order valence-electron chi connectivity index (χ1n) is 11.0. The summed E-state index contributed by atoms with van der Waals surface area (Å²) in [7, 11) is -4.37. The number of hydrogen-bond acceptors (Lipinski definition) is 5. The van der Waals surface area contributed by atoms with Crippen molar-refractivity contribution in [1.82, 2.24) is 0 Å². The summed E-state index contributed by atoms with van der Waals surface area (Å²) >= 11 is 5.89. The van der Waals surface area contributed by atoms with Crippen LogP contribution in [0.15, 0.2) is 22.6 Å². The van der Waals surface area contributed by atoms with Crippen LogP contribution in [0.3, 0.4) is 0 Å². The van der Waals surface area contributed by atoms with Gasteiger partial charge in [-0.3, -0.25) is 4.79 Å². The molecule has 33 heavy (non-hydrogen) atoms. The fourth-order valence-corrected chi connectivity index (χ4v) is 6.47. The van der Waals surface area contributed by atoms with Crippen LogP contribution in [-0.4, -0.2) is 33.7 Å². The average molecular weight is 502 g/mol. The van der Waals surface area contributed by atoms with Gasteiger partial charge in [0.2, 0.25) is 5.88 Å². The molecule has 2 aliphatic carbocycles. The van der Waals surface area contributed by atoms with E-state index in [9.17, 15) is 13.2 Å². The predicted molar refractivity (Wildman–Crippen MR) is 122 cm³/mol. The van der Waals surface area contributed by atoms with Gasteiger partial charge in [0.1, 0.15) is 0 Å². The van der Waals surface area contributed by atoms with Crippen LogP contribution >= 0.6 is 11.6 Å². The minimum atomic E-state index is -4.37. The van der Waals surface area contributed by atoms with Gasteiger partial charge in [-0.15, -0.1) is 0 Å². The van der Waals surface area contributed by atoms with Gasteiger partial charge in [-0.25, -0.2) is 12.7 Å². The van der Waals surface area contributed by atoms with Crippen molar-refractivity contribution in [2.24, 2.45) is 0 Å². The first kappa shape index (κ1) is 24.9. The second-order valence-corrected chi connectivity index (χ2v) is 10.3. The number of carbonyl (C=O) groups is 1. The molecule has 0 atom stereocenters. The molecule has 2 aromatic rings. The molecule has 0 spiro atoms. The van der Waals surface area contributed by atoms with Crippen LogP contribution in [0.25, 0.3) is 4.72 Å². The molecule has 0 unspecified atom stereocenters. The van der Waals surface area contributed by atoms with Crippen LogP contribution < -0.4 is 39.2 Å². The van der Waals surface area contributed by atoms with Crippen molar-refractivity contribution < 1.29 is 51.9 Å². The Morgan fingerprint density at radius 2 is 1.70 bits per heavy atom. The number of nitrogens with one attached hydrogen (secondary N) is 1. The minimum absolute atomic E-state index is 0. The van der Waals surface area contributed by atoms with Gasteiger partial charge >= 0.3 is 29.6 Å². The molecule has 172 valence electrons. The Morgan fingerprint density at radius 3 is 2.27 bits per heavy atom. The molecule has 11 heteroatoms. The normalized spacial score (nSPS) is 17.7. The Morgan fingerprint density at radius 1 is 1.06 bits per heavy atom. The van der Waals surface area contributed by atoms with Gasteiger partial charge in [0.15, 0.2) is 11.3 Å². The third kappa shape index (κ3) is 5.09. The Labute approximate surface area is 220 Å². The molecule has 8 nitrogen and oxygen atoms in total. The number of benzene rings is 1. The molecule has 1 aromatic carbocycles. The van der Waals surface area contributed by atoms with Crippen molar-refractivity contribution in [3.63, 3.8) is 0 Å². The van der Waals surface area contributed by atoms with Gasteiger partial charge in [-0.2, -0.15) is 0 Å². The van der Waals surface area contributed by atoms with Crippen molar-refractivity contribution in [3.8, 4) is 0 Å². The largest absolute Gasteiger partial charge is 1.00 e.